The maximum atomic E-state index is 6.11. The van der Waals surface area contributed by atoms with E-state index in [9.17, 15) is 0 Å². The highest BCUT2D eigenvalue weighted by Crippen LogP contribution is 2.28. The van der Waals surface area contributed by atoms with Crippen molar-refractivity contribution in [1.82, 2.24) is 0 Å². The van der Waals surface area contributed by atoms with E-state index in [0.717, 1.165) is 21.7 Å². The molecule has 0 spiro atoms. The van der Waals surface area contributed by atoms with Crippen molar-refractivity contribution in [2.75, 3.05) is 0 Å². The van der Waals surface area contributed by atoms with Crippen LogP contribution in [0.1, 0.15) is 11.1 Å². The third-order valence-electron chi connectivity index (χ3n) is 2.39. The van der Waals surface area contributed by atoms with Gasteiger partial charge in [0.05, 0.1) is 0 Å². The molecule has 0 nitrogen and oxygen atoms in total. The summed E-state index contributed by atoms with van der Waals surface area (Å²) in [5.74, 6) is 0. The minimum atomic E-state index is 0. The fourth-order valence-electron chi connectivity index (χ4n) is 1.51. The Hall–Kier alpha value is -0.660. The van der Waals surface area contributed by atoms with Gasteiger partial charge in [0.25, 0.3) is 0 Å². The minimum absolute atomic E-state index is 0. The van der Waals surface area contributed by atoms with Crippen LogP contribution in [0.4, 0.5) is 0 Å². The molecule has 96 valence electrons. The molecule has 0 aliphatic heterocycles. The van der Waals surface area contributed by atoms with Crippen molar-refractivity contribution < 1.29 is 0 Å². The number of benzene rings is 2. The summed E-state index contributed by atoms with van der Waals surface area (Å²) >= 11 is 12.0. The Labute approximate surface area is 129 Å². The smallest absolute Gasteiger partial charge is 0.0484 e. The van der Waals surface area contributed by atoms with Crippen molar-refractivity contribution in [1.29, 1.82) is 0 Å². The SMILES string of the molecule is C=C(c1ccc(Cl)cc1)c1ccccc1Cl.Cl.Cl. The summed E-state index contributed by atoms with van der Waals surface area (Å²) < 4.78 is 0. The average molecular weight is 322 g/mol. The molecule has 2 rings (SSSR count). The van der Waals surface area contributed by atoms with Gasteiger partial charge in [-0.25, -0.2) is 0 Å². The van der Waals surface area contributed by atoms with Crippen LogP contribution in [-0.4, -0.2) is 0 Å². The fourth-order valence-corrected chi connectivity index (χ4v) is 1.89. The average Bonchev–Trinajstić information content (AvgIpc) is 2.30. The predicted molar refractivity (Wildman–Crippen MR) is 85.5 cm³/mol. The quantitative estimate of drug-likeness (QED) is 0.646. The van der Waals surface area contributed by atoms with E-state index in [2.05, 4.69) is 6.58 Å². The van der Waals surface area contributed by atoms with Gasteiger partial charge in [0, 0.05) is 15.6 Å². The van der Waals surface area contributed by atoms with Gasteiger partial charge in [-0.15, -0.1) is 24.8 Å². The van der Waals surface area contributed by atoms with E-state index in [-0.39, 0.29) is 24.8 Å². The van der Waals surface area contributed by atoms with E-state index < -0.39 is 0 Å². The minimum Gasteiger partial charge on any atom is -0.147 e. The van der Waals surface area contributed by atoms with Crippen molar-refractivity contribution in [3.63, 3.8) is 0 Å². The molecule has 0 saturated carbocycles. The lowest BCUT2D eigenvalue weighted by Gasteiger charge is -2.08. The molecule has 0 bridgehead atoms. The molecule has 4 heteroatoms. The van der Waals surface area contributed by atoms with Gasteiger partial charge in [0.2, 0.25) is 0 Å². The molecular weight excluding hydrogens is 310 g/mol. The zero-order valence-electron chi connectivity index (χ0n) is 9.40. The van der Waals surface area contributed by atoms with Gasteiger partial charge >= 0.3 is 0 Å². The van der Waals surface area contributed by atoms with Crippen LogP contribution >= 0.6 is 48.0 Å². The van der Waals surface area contributed by atoms with Gasteiger partial charge < -0.3 is 0 Å². The maximum Gasteiger partial charge on any atom is 0.0484 e. The summed E-state index contributed by atoms with van der Waals surface area (Å²) in [5.41, 5.74) is 2.88. The van der Waals surface area contributed by atoms with E-state index in [0.29, 0.717) is 5.02 Å². The Bertz CT molecular complexity index is 518. The molecule has 0 aliphatic carbocycles. The predicted octanol–water partition coefficient (Wildman–Crippen LogP) is 5.90. The first-order valence-electron chi connectivity index (χ1n) is 4.88. The Morgan fingerprint density at radius 1 is 0.833 bits per heavy atom. The molecule has 0 unspecified atom stereocenters. The van der Waals surface area contributed by atoms with Crippen LogP contribution in [0.5, 0.6) is 0 Å². The molecule has 0 aromatic heterocycles. The molecule has 0 amide bonds. The highest BCUT2D eigenvalue weighted by molar-refractivity contribution is 6.32. The van der Waals surface area contributed by atoms with Gasteiger partial charge in [0.15, 0.2) is 0 Å². The maximum absolute atomic E-state index is 6.11. The van der Waals surface area contributed by atoms with Crippen LogP contribution in [0.3, 0.4) is 0 Å². The highest BCUT2D eigenvalue weighted by Gasteiger charge is 2.05. The van der Waals surface area contributed by atoms with E-state index in [4.69, 9.17) is 23.2 Å². The Balaban J connectivity index is 0.00000144. The van der Waals surface area contributed by atoms with Crippen LogP contribution < -0.4 is 0 Å². The van der Waals surface area contributed by atoms with Gasteiger partial charge in [-0.05, 0) is 29.3 Å². The summed E-state index contributed by atoms with van der Waals surface area (Å²) in [4.78, 5) is 0. The topological polar surface area (TPSA) is 0 Å². The molecule has 0 radical (unpaired) electrons. The second-order valence-electron chi connectivity index (χ2n) is 3.47. The molecule has 0 aliphatic rings. The summed E-state index contributed by atoms with van der Waals surface area (Å²) in [6.07, 6.45) is 0. The van der Waals surface area contributed by atoms with Crippen molar-refractivity contribution in [2.24, 2.45) is 0 Å². The summed E-state index contributed by atoms with van der Waals surface area (Å²) in [7, 11) is 0. The lowest BCUT2D eigenvalue weighted by Crippen LogP contribution is -1.86. The zero-order valence-corrected chi connectivity index (χ0v) is 12.5. The van der Waals surface area contributed by atoms with E-state index in [1.807, 2.05) is 48.5 Å². The first-order chi connectivity index (χ1) is 7.68. The first-order valence-corrected chi connectivity index (χ1v) is 5.64. The number of hydrogen-bond donors (Lipinski definition) is 0. The normalized spacial score (nSPS) is 9.00. The fraction of sp³-hybridized carbons (Fsp3) is 0. The van der Waals surface area contributed by atoms with Crippen molar-refractivity contribution in [2.45, 2.75) is 0 Å². The Morgan fingerprint density at radius 3 is 1.94 bits per heavy atom. The van der Waals surface area contributed by atoms with Gasteiger partial charge in [-0.1, -0.05) is 60.1 Å². The summed E-state index contributed by atoms with van der Waals surface area (Å²) in [6, 6.07) is 15.2. The van der Waals surface area contributed by atoms with E-state index in [1.54, 1.807) is 0 Å². The molecule has 0 N–H and O–H groups in total. The number of rotatable bonds is 2. The van der Waals surface area contributed by atoms with Crippen LogP contribution in [-0.2, 0) is 0 Å². The lowest BCUT2D eigenvalue weighted by atomic mass is 10.00. The molecule has 0 saturated heterocycles. The Morgan fingerprint density at radius 2 is 1.39 bits per heavy atom. The van der Waals surface area contributed by atoms with Gasteiger partial charge in [0.1, 0.15) is 0 Å². The number of halogens is 4. The van der Waals surface area contributed by atoms with Crippen LogP contribution in [0.15, 0.2) is 55.1 Å². The molecule has 18 heavy (non-hydrogen) atoms. The molecule has 0 fully saturated rings. The molecule has 0 atom stereocenters. The number of hydrogen-bond acceptors (Lipinski definition) is 0. The Kier molecular flexibility index (Phi) is 7.42. The largest absolute Gasteiger partial charge is 0.147 e. The lowest BCUT2D eigenvalue weighted by molar-refractivity contribution is 1.56. The third-order valence-corrected chi connectivity index (χ3v) is 2.97. The van der Waals surface area contributed by atoms with Crippen molar-refractivity contribution >= 4 is 53.6 Å². The molecule has 2 aromatic rings. The van der Waals surface area contributed by atoms with Crippen LogP contribution in [0.2, 0.25) is 10.0 Å². The zero-order chi connectivity index (χ0) is 11.5. The summed E-state index contributed by atoms with van der Waals surface area (Å²) in [5, 5.41) is 1.43. The van der Waals surface area contributed by atoms with Crippen molar-refractivity contribution in [3.05, 3.63) is 76.3 Å². The van der Waals surface area contributed by atoms with E-state index in [1.165, 1.54) is 0 Å². The second kappa shape index (κ2) is 7.70. The molecular formula is C14H12Cl4. The highest BCUT2D eigenvalue weighted by atomic mass is 35.5. The van der Waals surface area contributed by atoms with Crippen LogP contribution in [0.25, 0.3) is 5.57 Å². The van der Waals surface area contributed by atoms with Crippen LogP contribution in [0, 0.1) is 0 Å². The van der Waals surface area contributed by atoms with Gasteiger partial charge in [-0.3, -0.25) is 0 Å². The second-order valence-corrected chi connectivity index (χ2v) is 4.31. The monoisotopic (exact) mass is 320 g/mol. The third kappa shape index (κ3) is 3.93. The van der Waals surface area contributed by atoms with Gasteiger partial charge in [-0.2, -0.15) is 0 Å². The standard InChI is InChI=1S/C14H10Cl2.2ClH/c1-10(11-6-8-12(15)9-7-11)13-4-2-3-5-14(13)16;;/h2-9H,1H2;2*1H. The first kappa shape index (κ1) is 17.3. The molecule has 2 aromatic carbocycles. The van der Waals surface area contributed by atoms with Crippen molar-refractivity contribution in [3.8, 4) is 0 Å². The van der Waals surface area contributed by atoms with E-state index >= 15 is 0 Å². The molecule has 0 heterocycles. The summed E-state index contributed by atoms with van der Waals surface area (Å²) in [6.45, 7) is 4.06.